The average molecular weight is 451 g/mol. The molecule has 3 heterocycles. The number of carbonyl (C=O) groups is 1. The van der Waals surface area contributed by atoms with Gasteiger partial charge in [0.25, 0.3) is 0 Å². The first-order valence-corrected chi connectivity index (χ1v) is 11.7. The van der Waals surface area contributed by atoms with E-state index in [0.717, 1.165) is 23.4 Å². The molecule has 1 amide bonds. The number of aromatic nitrogens is 1. The quantitative estimate of drug-likeness (QED) is 0.495. The van der Waals surface area contributed by atoms with Crippen molar-refractivity contribution in [1.82, 2.24) is 15.2 Å². The van der Waals surface area contributed by atoms with E-state index in [2.05, 4.69) is 46.5 Å². The molecule has 160 valence electrons. The molecule has 2 atom stereocenters. The van der Waals surface area contributed by atoms with Crippen molar-refractivity contribution < 1.29 is 4.79 Å². The number of aryl methyl sites for hydroxylation is 2. The number of anilines is 1. The number of thiocarbonyl (C=S) groups is 1. The maximum Gasteiger partial charge on any atom is 0.226 e. The van der Waals surface area contributed by atoms with Gasteiger partial charge in [-0.05, 0) is 61.5 Å². The molecule has 0 aliphatic carbocycles. The number of pyridine rings is 1. The fourth-order valence-electron chi connectivity index (χ4n) is 3.95. The molecule has 1 aliphatic heterocycles. The van der Waals surface area contributed by atoms with Gasteiger partial charge in [-0.25, -0.2) is 0 Å². The molecular formula is C24H26N4OS2. The van der Waals surface area contributed by atoms with Crippen molar-refractivity contribution in [3.63, 3.8) is 0 Å². The van der Waals surface area contributed by atoms with Gasteiger partial charge in [0.15, 0.2) is 5.11 Å². The van der Waals surface area contributed by atoms with Crippen LogP contribution in [0.15, 0.2) is 60.8 Å². The Morgan fingerprint density at radius 1 is 1.19 bits per heavy atom. The van der Waals surface area contributed by atoms with Crippen LogP contribution in [0.25, 0.3) is 0 Å². The predicted molar refractivity (Wildman–Crippen MR) is 130 cm³/mol. The summed E-state index contributed by atoms with van der Waals surface area (Å²) in [6.45, 7) is 4.73. The Balaban J connectivity index is 1.52. The average Bonchev–Trinajstić information content (AvgIpc) is 3.35. The van der Waals surface area contributed by atoms with E-state index in [1.165, 1.54) is 9.75 Å². The van der Waals surface area contributed by atoms with E-state index >= 15 is 0 Å². The molecule has 0 bridgehead atoms. The van der Waals surface area contributed by atoms with Crippen LogP contribution in [0.5, 0.6) is 0 Å². The predicted octanol–water partition coefficient (Wildman–Crippen LogP) is 5.02. The molecule has 7 heteroatoms. The largest absolute Gasteiger partial charge is 0.352 e. The van der Waals surface area contributed by atoms with E-state index in [4.69, 9.17) is 12.2 Å². The van der Waals surface area contributed by atoms with E-state index in [1.54, 1.807) is 17.5 Å². The summed E-state index contributed by atoms with van der Waals surface area (Å²) in [5, 5.41) is 7.16. The molecule has 0 saturated carbocycles. The first-order valence-electron chi connectivity index (χ1n) is 10.5. The summed E-state index contributed by atoms with van der Waals surface area (Å²) in [7, 11) is 0. The minimum atomic E-state index is -0.0457. The van der Waals surface area contributed by atoms with Crippen molar-refractivity contribution in [1.29, 1.82) is 0 Å². The molecule has 1 aliphatic rings. The van der Waals surface area contributed by atoms with Gasteiger partial charge < -0.3 is 15.5 Å². The first-order chi connectivity index (χ1) is 15.1. The lowest BCUT2D eigenvalue weighted by Gasteiger charge is -2.26. The maximum absolute atomic E-state index is 12.7. The molecule has 4 rings (SSSR count). The summed E-state index contributed by atoms with van der Waals surface area (Å²) < 4.78 is 0. The molecule has 2 N–H and O–H groups in total. The smallest absolute Gasteiger partial charge is 0.226 e. The third-order valence-corrected chi connectivity index (χ3v) is 6.93. The maximum atomic E-state index is 12.7. The summed E-state index contributed by atoms with van der Waals surface area (Å²) >= 11 is 7.44. The van der Waals surface area contributed by atoms with Gasteiger partial charge in [0.1, 0.15) is 0 Å². The Hall–Kier alpha value is -2.77. The number of nitrogens with one attached hydrogen (secondary N) is 2. The first kappa shape index (κ1) is 21.5. The van der Waals surface area contributed by atoms with E-state index in [1.807, 2.05) is 42.5 Å². The Morgan fingerprint density at radius 2 is 2.00 bits per heavy atom. The van der Waals surface area contributed by atoms with Gasteiger partial charge in [0.05, 0.1) is 17.8 Å². The van der Waals surface area contributed by atoms with Crippen LogP contribution in [0, 0.1) is 6.92 Å². The number of rotatable bonds is 7. The number of amides is 1. The van der Waals surface area contributed by atoms with Gasteiger partial charge in [0, 0.05) is 34.6 Å². The van der Waals surface area contributed by atoms with Crippen molar-refractivity contribution in [2.45, 2.75) is 38.8 Å². The van der Waals surface area contributed by atoms with Crippen molar-refractivity contribution in [2.75, 3.05) is 11.9 Å². The Labute approximate surface area is 192 Å². The molecule has 0 radical (unpaired) electrons. The van der Waals surface area contributed by atoms with Crippen LogP contribution >= 0.6 is 23.6 Å². The number of nitrogens with zero attached hydrogens (tertiary/aromatic N) is 2. The lowest BCUT2D eigenvalue weighted by molar-refractivity contribution is -0.116. The van der Waals surface area contributed by atoms with Crippen molar-refractivity contribution in [3.8, 4) is 0 Å². The summed E-state index contributed by atoms with van der Waals surface area (Å²) in [5.74, 6) is -0.00824. The second-order valence-corrected chi connectivity index (χ2v) is 9.28. The molecule has 1 saturated heterocycles. The van der Waals surface area contributed by atoms with Crippen LogP contribution in [-0.4, -0.2) is 27.4 Å². The van der Waals surface area contributed by atoms with Gasteiger partial charge in [-0.15, -0.1) is 11.3 Å². The van der Waals surface area contributed by atoms with Crippen LogP contribution in [0.3, 0.4) is 0 Å². The SMILES string of the molecule is CCc1ccccc1NC(=O)CCN1C(=S)N[C@H](c2ccccn2)[C@@H]1c1ccc(C)s1. The zero-order chi connectivity index (χ0) is 21.8. The minimum absolute atomic E-state index is 0.00824. The number of thiophene rings is 1. The van der Waals surface area contributed by atoms with E-state index in [9.17, 15) is 4.79 Å². The van der Waals surface area contributed by atoms with Crippen LogP contribution < -0.4 is 10.6 Å². The van der Waals surface area contributed by atoms with Crippen LogP contribution in [0.1, 0.15) is 46.4 Å². The van der Waals surface area contributed by atoms with Gasteiger partial charge in [-0.2, -0.15) is 0 Å². The van der Waals surface area contributed by atoms with Gasteiger partial charge >= 0.3 is 0 Å². The van der Waals surface area contributed by atoms with Crippen molar-refractivity contribution >= 4 is 40.3 Å². The lowest BCUT2D eigenvalue weighted by atomic mass is 10.0. The Morgan fingerprint density at radius 3 is 2.71 bits per heavy atom. The second-order valence-electron chi connectivity index (χ2n) is 7.58. The second kappa shape index (κ2) is 9.58. The van der Waals surface area contributed by atoms with Gasteiger partial charge in [-0.3, -0.25) is 9.78 Å². The highest BCUT2D eigenvalue weighted by Crippen LogP contribution is 2.41. The van der Waals surface area contributed by atoms with E-state index in [-0.39, 0.29) is 18.0 Å². The van der Waals surface area contributed by atoms with Crippen molar-refractivity contribution in [2.24, 2.45) is 0 Å². The van der Waals surface area contributed by atoms with Gasteiger partial charge in [0.2, 0.25) is 5.91 Å². The molecule has 0 spiro atoms. The van der Waals surface area contributed by atoms with Crippen LogP contribution in [0.2, 0.25) is 0 Å². The standard InChI is InChI=1S/C24H26N4OS2/c1-3-17-8-4-5-9-18(17)26-21(29)13-15-28-23(20-12-11-16(2)31-20)22(27-24(28)30)19-10-6-7-14-25-19/h4-12,14,22-23H,3,13,15H2,1-2H3,(H,26,29)(H,27,30)/t22-,23+/m1/s1. The topological polar surface area (TPSA) is 57.3 Å². The molecule has 5 nitrogen and oxygen atoms in total. The van der Waals surface area contributed by atoms with Crippen LogP contribution in [-0.2, 0) is 11.2 Å². The third-order valence-electron chi connectivity index (χ3n) is 5.50. The molecular weight excluding hydrogens is 424 g/mol. The summed E-state index contributed by atoms with van der Waals surface area (Å²) in [6, 6.07) is 18.1. The molecule has 3 aromatic rings. The fraction of sp³-hybridized carbons (Fsp3) is 0.292. The summed E-state index contributed by atoms with van der Waals surface area (Å²) in [4.78, 5) is 21.9. The third kappa shape index (κ3) is 4.78. The minimum Gasteiger partial charge on any atom is -0.352 e. The highest BCUT2D eigenvalue weighted by atomic mass is 32.1. The zero-order valence-corrected chi connectivity index (χ0v) is 19.3. The Kier molecular flexibility index (Phi) is 6.63. The fourth-order valence-corrected chi connectivity index (χ4v) is 5.31. The lowest BCUT2D eigenvalue weighted by Crippen LogP contribution is -2.32. The van der Waals surface area contributed by atoms with Gasteiger partial charge in [-0.1, -0.05) is 31.2 Å². The normalized spacial score (nSPS) is 18.1. The number of para-hydroxylation sites is 1. The molecule has 31 heavy (non-hydrogen) atoms. The molecule has 2 aromatic heterocycles. The van der Waals surface area contributed by atoms with Crippen LogP contribution in [0.4, 0.5) is 5.69 Å². The highest BCUT2D eigenvalue weighted by Gasteiger charge is 2.40. The molecule has 1 aromatic carbocycles. The van der Waals surface area contributed by atoms with E-state index < -0.39 is 0 Å². The monoisotopic (exact) mass is 450 g/mol. The zero-order valence-electron chi connectivity index (χ0n) is 17.7. The number of hydrogen-bond acceptors (Lipinski definition) is 4. The molecule has 1 fully saturated rings. The highest BCUT2D eigenvalue weighted by molar-refractivity contribution is 7.80. The molecule has 0 unspecified atom stereocenters. The Bertz CT molecular complexity index is 1070. The van der Waals surface area contributed by atoms with E-state index in [0.29, 0.717) is 18.1 Å². The number of carbonyl (C=O) groups excluding carboxylic acids is 1. The summed E-state index contributed by atoms with van der Waals surface area (Å²) in [6.07, 6.45) is 3.04. The van der Waals surface area contributed by atoms with Crippen molar-refractivity contribution in [3.05, 3.63) is 81.8 Å². The summed E-state index contributed by atoms with van der Waals surface area (Å²) in [5.41, 5.74) is 2.97. The number of benzene rings is 1. The number of hydrogen-bond donors (Lipinski definition) is 2.